The molecule has 9 nitrogen and oxygen atoms in total. The third-order valence-corrected chi connectivity index (χ3v) is 9.16. The number of unbranched alkanes of at least 4 members (excludes halogenated alkanes) is 1. The van der Waals surface area contributed by atoms with E-state index in [4.69, 9.17) is 4.74 Å². The van der Waals surface area contributed by atoms with Gasteiger partial charge in [0.1, 0.15) is 0 Å². The fourth-order valence-electron chi connectivity index (χ4n) is 4.94. The van der Waals surface area contributed by atoms with Crippen LogP contribution in [0.5, 0.6) is 0 Å². The van der Waals surface area contributed by atoms with Crippen LogP contribution in [0.1, 0.15) is 64.7 Å². The molecule has 3 aromatic rings. The zero-order chi connectivity index (χ0) is 30.5. The number of alkyl halides is 3. The molecule has 0 radical (unpaired) electrons. The molecule has 0 aliphatic carbocycles. The molecular weight excluding hydrogens is 573 g/mol. The van der Waals surface area contributed by atoms with Crippen LogP contribution < -0.4 is 0 Å². The van der Waals surface area contributed by atoms with Gasteiger partial charge >= 0.3 is 12.1 Å². The fourth-order valence-corrected chi connectivity index (χ4v) is 6.57. The third kappa shape index (κ3) is 7.01. The summed E-state index contributed by atoms with van der Waals surface area (Å²) in [6.07, 6.45) is 1.45. The van der Waals surface area contributed by atoms with Gasteiger partial charge in [-0.1, -0.05) is 25.5 Å². The molecule has 1 aliphatic rings. The summed E-state index contributed by atoms with van der Waals surface area (Å²) in [7, 11) is -3.05. The zero-order valence-corrected chi connectivity index (χ0v) is 24.2. The maximum Gasteiger partial charge on any atom is 0.416 e. The van der Waals surface area contributed by atoms with Crippen LogP contribution in [0.4, 0.5) is 13.2 Å². The molecule has 0 spiro atoms. The summed E-state index contributed by atoms with van der Waals surface area (Å²) in [5.41, 5.74) is -0.123. The van der Waals surface area contributed by atoms with E-state index in [0.29, 0.717) is 31.5 Å². The standard InChI is InChI=1S/C29H33F3N4O5S/c1-3-4-16-34-18-15-33-26(34)27(37)35-17-5-6-24(20-35)36(19-21-7-9-22(10-8-21)28(38)41-2)42(39,40)25-13-11-23(12-14-25)29(30,31)32/h7-15,18,24H,3-6,16-17,19-20H2,1-2H3. The normalized spacial score (nSPS) is 16.0. The van der Waals surface area contributed by atoms with Crippen molar-refractivity contribution in [1.82, 2.24) is 18.8 Å². The summed E-state index contributed by atoms with van der Waals surface area (Å²) in [5.74, 6) is -0.579. The topological polar surface area (TPSA) is 102 Å². The van der Waals surface area contributed by atoms with E-state index in [-0.39, 0.29) is 35.3 Å². The van der Waals surface area contributed by atoms with Crippen molar-refractivity contribution in [2.45, 2.75) is 62.8 Å². The fraction of sp³-hybridized carbons (Fsp3) is 0.414. The highest BCUT2D eigenvalue weighted by atomic mass is 32.2. The first-order valence-corrected chi connectivity index (χ1v) is 15.1. The molecule has 13 heteroatoms. The first-order valence-electron chi connectivity index (χ1n) is 13.6. The van der Waals surface area contributed by atoms with Gasteiger partial charge in [0, 0.05) is 44.6 Å². The number of piperidine rings is 1. The first-order chi connectivity index (χ1) is 20.0. The number of esters is 1. The van der Waals surface area contributed by atoms with E-state index in [1.165, 1.54) is 23.5 Å². The number of likely N-dealkylation sites (tertiary alicyclic amines) is 1. The highest BCUT2D eigenvalue weighted by Crippen LogP contribution is 2.32. The van der Waals surface area contributed by atoms with E-state index in [1.54, 1.807) is 34.0 Å². The summed E-state index contributed by atoms with van der Waals surface area (Å²) >= 11 is 0. The van der Waals surface area contributed by atoms with Gasteiger partial charge in [0.15, 0.2) is 5.82 Å². The molecule has 1 unspecified atom stereocenters. The Balaban J connectivity index is 1.65. The predicted octanol–water partition coefficient (Wildman–Crippen LogP) is 4.98. The zero-order valence-electron chi connectivity index (χ0n) is 23.4. The SMILES string of the molecule is CCCCn1ccnc1C(=O)N1CCCC(N(Cc2ccc(C(=O)OC)cc2)S(=O)(=O)c2ccc(C(F)(F)F)cc2)C1. The van der Waals surface area contributed by atoms with Gasteiger partial charge in [0.25, 0.3) is 5.91 Å². The minimum Gasteiger partial charge on any atom is -0.465 e. The van der Waals surface area contributed by atoms with Crippen LogP contribution in [0.15, 0.2) is 65.8 Å². The summed E-state index contributed by atoms with van der Waals surface area (Å²) in [6, 6.07) is 8.92. The number of methoxy groups -OCH3 is 1. The molecule has 0 N–H and O–H groups in total. The lowest BCUT2D eigenvalue weighted by Gasteiger charge is -2.38. The van der Waals surface area contributed by atoms with Gasteiger partial charge in [-0.2, -0.15) is 17.5 Å². The van der Waals surface area contributed by atoms with Crippen molar-refractivity contribution in [2.75, 3.05) is 20.2 Å². The van der Waals surface area contributed by atoms with Crippen LogP contribution in [0, 0.1) is 0 Å². The molecule has 1 aromatic heterocycles. The number of amides is 1. The number of benzene rings is 2. The smallest absolute Gasteiger partial charge is 0.416 e. The molecule has 0 saturated carbocycles. The highest BCUT2D eigenvalue weighted by Gasteiger charge is 2.37. The Morgan fingerprint density at radius 1 is 1.10 bits per heavy atom. The molecule has 2 aromatic carbocycles. The average molecular weight is 607 g/mol. The molecule has 1 saturated heterocycles. The van der Waals surface area contributed by atoms with Crippen LogP contribution in [0.2, 0.25) is 0 Å². The number of halogens is 3. The van der Waals surface area contributed by atoms with Crippen LogP contribution in [-0.2, 0) is 34.0 Å². The number of imidazole rings is 1. The van der Waals surface area contributed by atoms with Gasteiger partial charge in [-0.05, 0) is 61.2 Å². The van der Waals surface area contributed by atoms with Crippen molar-refractivity contribution in [3.63, 3.8) is 0 Å². The molecule has 1 atom stereocenters. The second kappa shape index (κ2) is 13.1. The number of sulfonamides is 1. The second-order valence-electron chi connectivity index (χ2n) is 10.1. The number of hydrogen-bond donors (Lipinski definition) is 0. The maximum atomic E-state index is 13.9. The van der Waals surface area contributed by atoms with Crippen molar-refractivity contribution in [3.8, 4) is 0 Å². The van der Waals surface area contributed by atoms with Crippen LogP contribution >= 0.6 is 0 Å². The molecule has 226 valence electrons. The van der Waals surface area contributed by atoms with Crippen molar-refractivity contribution < 1.29 is 35.9 Å². The van der Waals surface area contributed by atoms with E-state index >= 15 is 0 Å². The van der Waals surface area contributed by atoms with Crippen LogP contribution in [0.3, 0.4) is 0 Å². The van der Waals surface area contributed by atoms with Gasteiger partial charge < -0.3 is 14.2 Å². The molecule has 0 bridgehead atoms. The van der Waals surface area contributed by atoms with Gasteiger partial charge in [0.05, 0.1) is 23.1 Å². The summed E-state index contributed by atoms with van der Waals surface area (Å²) in [4.78, 5) is 30.9. The summed E-state index contributed by atoms with van der Waals surface area (Å²) in [5, 5.41) is 0. The van der Waals surface area contributed by atoms with Crippen molar-refractivity contribution in [1.29, 1.82) is 0 Å². The molecule has 42 heavy (non-hydrogen) atoms. The van der Waals surface area contributed by atoms with Gasteiger partial charge in [-0.3, -0.25) is 4.79 Å². The number of nitrogens with zero attached hydrogens (tertiary/aromatic N) is 4. The number of aromatic nitrogens is 2. The van der Waals surface area contributed by atoms with E-state index in [0.717, 1.165) is 37.1 Å². The maximum absolute atomic E-state index is 13.9. The average Bonchev–Trinajstić information content (AvgIpc) is 3.46. The van der Waals surface area contributed by atoms with Crippen molar-refractivity contribution in [3.05, 3.63) is 83.4 Å². The number of hydrogen-bond acceptors (Lipinski definition) is 6. The second-order valence-corrected chi connectivity index (χ2v) is 12.0. The number of carbonyl (C=O) groups excluding carboxylic acids is 2. The lowest BCUT2D eigenvalue weighted by molar-refractivity contribution is -0.137. The monoisotopic (exact) mass is 606 g/mol. The molecule has 1 amide bonds. The van der Waals surface area contributed by atoms with Crippen LogP contribution in [0.25, 0.3) is 0 Å². The Bertz CT molecular complexity index is 1490. The number of aryl methyl sites for hydroxylation is 1. The van der Waals surface area contributed by atoms with E-state index in [1.807, 2.05) is 6.92 Å². The Morgan fingerprint density at radius 3 is 2.40 bits per heavy atom. The summed E-state index contributed by atoms with van der Waals surface area (Å²) in [6.45, 7) is 3.05. The van der Waals surface area contributed by atoms with Gasteiger partial charge in [-0.15, -0.1) is 0 Å². The molecular formula is C29H33F3N4O5S. The highest BCUT2D eigenvalue weighted by molar-refractivity contribution is 7.89. The quantitative estimate of drug-likeness (QED) is 0.302. The Labute approximate surface area is 243 Å². The number of ether oxygens (including phenoxy) is 1. The van der Waals surface area contributed by atoms with Gasteiger partial charge in [0.2, 0.25) is 10.0 Å². The minimum absolute atomic E-state index is 0.0829. The Morgan fingerprint density at radius 2 is 1.79 bits per heavy atom. The minimum atomic E-state index is -4.61. The predicted molar refractivity (Wildman–Crippen MR) is 148 cm³/mol. The van der Waals surface area contributed by atoms with Crippen LogP contribution in [-0.4, -0.2) is 65.3 Å². The first kappa shape index (κ1) is 31.2. The van der Waals surface area contributed by atoms with Crippen molar-refractivity contribution >= 4 is 21.9 Å². The molecule has 1 aliphatic heterocycles. The number of carbonyl (C=O) groups is 2. The molecule has 1 fully saturated rings. The Hall–Kier alpha value is -3.71. The molecule has 4 rings (SSSR count). The van der Waals surface area contributed by atoms with E-state index in [2.05, 4.69) is 4.98 Å². The summed E-state index contributed by atoms with van der Waals surface area (Å²) < 4.78 is 75.1. The molecule has 2 heterocycles. The Kier molecular flexibility index (Phi) is 9.72. The largest absolute Gasteiger partial charge is 0.465 e. The third-order valence-electron chi connectivity index (χ3n) is 7.25. The van der Waals surface area contributed by atoms with Crippen molar-refractivity contribution in [2.24, 2.45) is 0 Å². The van der Waals surface area contributed by atoms with E-state index in [9.17, 15) is 31.2 Å². The van der Waals surface area contributed by atoms with E-state index < -0.39 is 33.8 Å². The lowest BCUT2D eigenvalue weighted by atomic mass is 10.0. The number of rotatable bonds is 10. The van der Waals surface area contributed by atoms with Gasteiger partial charge in [-0.25, -0.2) is 18.2 Å². The lowest BCUT2D eigenvalue weighted by Crippen LogP contribution is -2.51.